The molecular formula is C14H27NO. The monoisotopic (exact) mass is 225 g/mol. The van der Waals surface area contributed by atoms with Crippen LogP contribution in [0.4, 0.5) is 0 Å². The first kappa shape index (κ1) is 13.5. The summed E-state index contributed by atoms with van der Waals surface area (Å²) in [5.74, 6) is 1.01. The predicted octanol–water partition coefficient (Wildman–Crippen LogP) is 3.46. The number of hydrogen-bond acceptors (Lipinski definition) is 1. The maximum absolute atomic E-state index is 12.2. The molecule has 1 aliphatic heterocycles. The summed E-state index contributed by atoms with van der Waals surface area (Å²) in [5.41, 5.74) is 0. The highest BCUT2D eigenvalue weighted by molar-refractivity contribution is 5.78. The van der Waals surface area contributed by atoms with E-state index in [0.29, 0.717) is 11.8 Å². The van der Waals surface area contributed by atoms with Crippen LogP contribution in [0.15, 0.2) is 0 Å². The van der Waals surface area contributed by atoms with Gasteiger partial charge in [0.15, 0.2) is 0 Å². The summed E-state index contributed by atoms with van der Waals surface area (Å²) >= 11 is 0. The maximum Gasteiger partial charge on any atom is 0.225 e. The summed E-state index contributed by atoms with van der Waals surface area (Å²) in [6.45, 7) is 8.31. The lowest BCUT2D eigenvalue weighted by Crippen LogP contribution is -2.38. The highest BCUT2D eigenvalue weighted by Crippen LogP contribution is 2.17. The molecular weight excluding hydrogens is 198 g/mol. The summed E-state index contributed by atoms with van der Waals surface area (Å²) < 4.78 is 0. The van der Waals surface area contributed by atoms with Crippen molar-refractivity contribution >= 4 is 5.91 Å². The quantitative estimate of drug-likeness (QED) is 0.704. The van der Waals surface area contributed by atoms with Crippen LogP contribution >= 0.6 is 0 Å². The van der Waals surface area contributed by atoms with Gasteiger partial charge in [0.05, 0.1) is 0 Å². The zero-order chi connectivity index (χ0) is 12.0. The topological polar surface area (TPSA) is 20.3 Å². The summed E-state index contributed by atoms with van der Waals surface area (Å²) in [7, 11) is 0. The molecule has 0 radical (unpaired) electrons. The average molecular weight is 225 g/mol. The van der Waals surface area contributed by atoms with Crippen molar-refractivity contribution in [2.45, 2.75) is 59.3 Å². The van der Waals surface area contributed by atoms with Gasteiger partial charge in [-0.05, 0) is 18.8 Å². The molecule has 1 amide bonds. The predicted molar refractivity (Wildman–Crippen MR) is 68.3 cm³/mol. The fraction of sp³-hybridized carbons (Fsp3) is 0.929. The van der Waals surface area contributed by atoms with Gasteiger partial charge < -0.3 is 4.90 Å². The van der Waals surface area contributed by atoms with Gasteiger partial charge in [-0.25, -0.2) is 0 Å². The van der Waals surface area contributed by atoms with Gasteiger partial charge in [-0.1, -0.05) is 46.5 Å². The van der Waals surface area contributed by atoms with Crippen LogP contribution in [0.1, 0.15) is 59.3 Å². The fourth-order valence-corrected chi connectivity index (χ4v) is 2.22. The van der Waals surface area contributed by atoms with E-state index in [-0.39, 0.29) is 5.92 Å². The molecule has 2 heteroatoms. The van der Waals surface area contributed by atoms with E-state index in [1.807, 2.05) is 0 Å². The minimum absolute atomic E-state index is 0.181. The van der Waals surface area contributed by atoms with Crippen LogP contribution in [-0.2, 0) is 4.79 Å². The first-order chi connectivity index (χ1) is 7.63. The van der Waals surface area contributed by atoms with Crippen molar-refractivity contribution in [2.24, 2.45) is 11.8 Å². The molecule has 1 aliphatic rings. The Labute approximate surface area is 100 Å². The smallest absolute Gasteiger partial charge is 0.225 e. The second-order valence-electron chi connectivity index (χ2n) is 5.48. The van der Waals surface area contributed by atoms with Crippen molar-refractivity contribution in [1.29, 1.82) is 0 Å². The second kappa shape index (κ2) is 6.93. The number of carbonyl (C=O) groups excluding carboxylic acids is 1. The van der Waals surface area contributed by atoms with Crippen LogP contribution in [0.5, 0.6) is 0 Å². The zero-order valence-corrected chi connectivity index (χ0v) is 11.2. The van der Waals surface area contributed by atoms with Crippen LogP contribution < -0.4 is 0 Å². The Bertz CT molecular complexity index is 203. The Hall–Kier alpha value is -0.530. The molecule has 2 nitrogen and oxygen atoms in total. The van der Waals surface area contributed by atoms with Crippen LogP contribution in [0.3, 0.4) is 0 Å². The molecule has 1 heterocycles. The number of amides is 1. The molecule has 1 fully saturated rings. The molecule has 0 aliphatic carbocycles. The van der Waals surface area contributed by atoms with E-state index >= 15 is 0 Å². The Morgan fingerprint density at radius 2 is 1.31 bits per heavy atom. The number of hydrogen-bond donors (Lipinski definition) is 0. The van der Waals surface area contributed by atoms with E-state index in [9.17, 15) is 4.79 Å². The average Bonchev–Trinajstić information content (AvgIpc) is 2.40. The molecule has 0 bridgehead atoms. The minimum atomic E-state index is 0.181. The van der Waals surface area contributed by atoms with Crippen molar-refractivity contribution in [2.75, 3.05) is 13.1 Å². The lowest BCUT2D eigenvalue weighted by Gasteiger charge is -2.27. The van der Waals surface area contributed by atoms with Crippen molar-refractivity contribution in [3.8, 4) is 0 Å². The van der Waals surface area contributed by atoms with Gasteiger partial charge in [0.1, 0.15) is 0 Å². The Morgan fingerprint density at radius 1 is 0.875 bits per heavy atom. The standard InChI is InChI=1S/C14H27NO/c1-12(2)13(3)14(16)15-10-8-6-4-5-7-9-11-15/h12-13H,4-11H2,1-3H3. The van der Waals surface area contributed by atoms with E-state index in [1.165, 1.54) is 38.5 Å². The molecule has 94 valence electrons. The number of rotatable bonds is 2. The molecule has 1 atom stereocenters. The number of carbonyl (C=O) groups is 1. The van der Waals surface area contributed by atoms with Crippen molar-refractivity contribution in [1.82, 2.24) is 4.90 Å². The van der Waals surface area contributed by atoms with Crippen molar-refractivity contribution < 1.29 is 4.79 Å². The molecule has 1 saturated heterocycles. The highest BCUT2D eigenvalue weighted by Gasteiger charge is 2.22. The van der Waals surface area contributed by atoms with Gasteiger partial charge in [0.2, 0.25) is 5.91 Å². The second-order valence-corrected chi connectivity index (χ2v) is 5.48. The molecule has 0 aromatic carbocycles. The van der Waals surface area contributed by atoms with Gasteiger partial charge in [0, 0.05) is 19.0 Å². The van der Waals surface area contributed by atoms with Crippen LogP contribution in [0.25, 0.3) is 0 Å². The van der Waals surface area contributed by atoms with E-state index in [2.05, 4.69) is 25.7 Å². The van der Waals surface area contributed by atoms with Crippen LogP contribution in [0, 0.1) is 11.8 Å². The molecule has 1 unspecified atom stereocenters. The molecule has 0 spiro atoms. The molecule has 16 heavy (non-hydrogen) atoms. The Morgan fingerprint density at radius 3 is 1.75 bits per heavy atom. The molecule has 1 rings (SSSR count). The van der Waals surface area contributed by atoms with E-state index < -0.39 is 0 Å². The highest BCUT2D eigenvalue weighted by atomic mass is 16.2. The van der Waals surface area contributed by atoms with Gasteiger partial charge >= 0.3 is 0 Å². The summed E-state index contributed by atoms with van der Waals surface area (Å²) in [5, 5.41) is 0. The van der Waals surface area contributed by atoms with E-state index in [1.54, 1.807) is 0 Å². The maximum atomic E-state index is 12.2. The van der Waals surface area contributed by atoms with Gasteiger partial charge in [-0.2, -0.15) is 0 Å². The van der Waals surface area contributed by atoms with Gasteiger partial charge in [-0.3, -0.25) is 4.79 Å². The van der Waals surface area contributed by atoms with E-state index in [4.69, 9.17) is 0 Å². The van der Waals surface area contributed by atoms with Gasteiger partial charge in [-0.15, -0.1) is 0 Å². The largest absolute Gasteiger partial charge is 0.342 e. The van der Waals surface area contributed by atoms with Gasteiger partial charge in [0.25, 0.3) is 0 Å². The zero-order valence-electron chi connectivity index (χ0n) is 11.2. The van der Waals surface area contributed by atoms with Crippen molar-refractivity contribution in [3.05, 3.63) is 0 Å². The Kier molecular flexibility index (Phi) is 5.86. The molecule has 0 saturated carbocycles. The minimum Gasteiger partial charge on any atom is -0.342 e. The van der Waals surface area contributed by atoms with Crippen LogP contribution in [0.2, 0.25) is 0 Å². The lowest BCUT2D eigenvalue weighted by atomic mass is 9.96. The first-order valence-corrected chi connectivity index (χ1v) is 6.91. The Balaban J connectivity index is 2.50. The molecule has 0 aromatic heterocycles. The molecule has 0 aromatic rings. The first-order valence-electron chi connectivity index (χ1n) is 6.91. The summed E-state index contributed by atoms with van der Waals surface area (Å²) in [4.78, 5) is 14.3. The third kappa shape index (κ3) is 4.15. The summed E-state index contributed by atoms with van der Waals surface area (Å²) in [6, 6.07) is 0. The van der Waals surface area contributed by atoms with Crippen molar-refractivity contribution in [3.63, 3.8) is 0 Å². The SMILES string of the molecule is CC(C)C(C)C(=O)N1CCCCCCCC1. The lowest BCUT2D eigenvalue weighted by molar-refractivity contribution is -0.136. The summed E-state index contributed by atoms with van der Waals surface area (Å²) in [6.07, 6.45) is 7.66. The fourth-order valence-electron chi connectivity index (χ4n) is 2.22. The molecule has 0 N–H and O–H groups in total. The third-order valence-corrected chi connectivity index (χ3v) is 3.81. The number of nitrogens with zero attached hydrogens (tertiary/aromatic N) is 1. The third-order valence-electron chi connectivity index (χ3n) is 3.81. The van der Waals surface area contributed by atoms with E-state index in [0.717, 1.165) is 13.1 Å². The normalized spacial score (nSPS) is 21.1. The van der Waals surface area contributed by atoms with Crippen LogP contribution in [-0.4, -0.2) is 23.9 Å².